The molecule has 0 atom stereocenters. The number of aryl methyl sites for hydroxylation is 1. The fraction of sp³-hybridized carbons (Fsp3) is 0.333. The minimum atomic E-state index is 0.424. The van der Waals surface area contributed by atoms with E-state index in [0.29, 0.717) is 17.8 Å². The summed E-state index contributed by atoms with van der Waals surface area (Å²) in [6.07, 6.45) is 5.39. The molecule has 1 aromatic carbocycles. The molecule has 0 spiro atoms. The Morgan fingerprint density at radius 2 is 1.86 bits per heavy atom. The van der Waals surface area contributed by atoms with Crippen LogP contribution in [0.1, 0.15) is 24.1 Å². The summed E-state index contributed by atoms with van der Waals surface area (Å²) in [7, 11) is 0. The Labute approximate surface area is 165 Å². The Hall–Kier alpha value is -3.06. The van der Waals surface area contributed by atoms with E-state index < -0.39 is 0 Å². The predicted octanol–water partition coefficient (Wildman–Crippen LogP) is 3.40. The highest BCUT2D eigenvalue weighted by Crippen LogP contribution is 2.19. The molecule has 0 saturated carbocycles. The summed E-state index contributed by atoms with van der Waals surface area (Å²) in [6, 6.07) is 14.9. The summed E-state index contributed by atoms with van der Waals surface area (Å²) in [6.45, 7) is 5.17. The number of nitrogens with one attached hydrogen (secondary N) is 2. The Morgan fingerprint density at radius 3 is 2.61 bits per heavy atom. The monoisotopic (exact) mass is 375 g/mol. The van der Waals surface area contributed by atoms with Gasteiger partial charge in [-0.15, -0.1) is 0 Å². The van der Waals surface area contributed by atoms with Crippen molar-refractivity contribution in [2.45, 2.75) is 32.4 Å². The Kier molecular flexibility index (Phi) is 5.72. The molecule has 144 valence electrons. The molecule has 2 N–H and O–H groups in total. The van der Waals surface area contributed by atoms with Crippen LogP contribution in [0.5, 0.6) is 0 Å². The number of hydrogen-bond acceptors (Lipinski definition) is 7. The van der Waals surface area contributed by atoms with Gasteiger partial charge in [-0.25, -0.2) is 15.0 Å². The van der Waals surface area contributed by atoms with Gasteiger partial charge in [0.15, 0.2) is 0 Å². The van der Waals surface area contributed by atoms with Gasteiger partial charge >= 0.3 is 0 Å². The Bertz CT molecular complexity index is 878. The molecular weight excluding hydrogens is 350 g/mol. The molecular formula is C21H25N7. The number of nitrogens with zero attached hydrogens (tertiary/aromatic N) is 5. The van der Waals surface area contributed by atoms with Crippen molar-refractivity contribution in [2.24, 2.45) is 0 Å². The molecule has 2 aromatic heterocycles. The normalized spacial score (nSPS) is 15.3. The predicted molar refractivity (Wildman–Crippen MR) is 110 cm³/mol. The third kappa shape index (κ3) is 5.01. The van der Waals surface area contributed by atoms with Crippen molar-refractivity contribution in [1.29, 1.82) is 0 Å². The molecule has 28 heavy (non-hydrogen) atoms. The minimum Gasteiger partial charge on any atom is -0.367 e. The molecule has 0 aliphatic carbocycles. The molecule has 7 nitrogen and oxygen atoms in total. The van der Waals surface area contributed by atoms with Crippen LogP contribution >= 0.6 is 0 Å². The highest BCUT2D eigenvalue weighted by atomic mass is 15.2. The van der Waals surface area contributed by atoms with Crippen LogP contribution in [0.3, 0.4) is 0 Å². The molecule has 0 amide bonds. The van der Waals surface area contributed by atoms with E-state index in [1.54, 1.807) is 12.3 Å². The summed E-state index contributed by atoms with van der Waals surface area (Å²) in [4.78, 5) is 19.7. The number of aromatic nitrogens is 4. The summed E-state index contributed by atoms with van der Waals surface area (Å²) >= 11 is 0. The SMILES string of the molecule is Cc1cc(NC2CCN(Cc3ccccc3)CC2)nc(Nc2ccncn2)n1. The van der Waals surface area contributed by atoms with Crippen molar-refractivity contribution in [3.8, 4) is 0 Å². The summed E-state index contributed by atoms with van der Waals surface area (Å²) < 4.78 is 0. The van der Waals surface area contributed by atoms with Gasteiger partial charge in [0, 0.05) is 43.6 Å². The molecule has 1 aliphatic rings. The topological polar surface area (TPSA) is 78.9 Å². The van der Waals surface area contributed by atoms with Crippen LogP contribution in [0, 0.1) is 6.92 Å². The number of hydrogen-bond donors (Lipinski definition) is 2. The van der Waals surface area contributed by atoms with Crippen LogP contribution in [-0.2, 0) is 6.54 Å². The molecule has 1 saturated heterocycles. The van der Waals surface area contributed by atoms with Gasteiger partial charge < -0.3 is 10.6 Å². The van der Waals surface area contributed by atoms with Gasteiger partial charge in [-0.1, -0.05) is 30.3 Å². The first-order valence-electron chi connectivity index (χ1n) is 9.66. The number of likely N-dealkylation sites (tertiary alicyclic amines) is 1. The van der Waals surface area contributed by atoms with Crippen molar-refractivity contribution in [2.75, 3.05) is 23.7 Å². The van der Waals surface area contributed by atoms with Gasteiger partial charge in [-0.05, 0) is 31.4 Å². The molecule has 3 heterocycles. The lowest BCUT2D eigenvalue weighted by Gasteiger charge is -2.32. The largest absolute Gasteiger partial charge is 0.367 e. The second-order valence-corrected chi connectivity index (χ2v) is 7.12. The van der Waals surface area contributed by atoms with E-state index >= 15 is 0 Å². The maximum absolute atomic E-state index is 4.60. The smallest absolute Gasteiger partial charge is 0.230 e. The van der Waals surface area contributed by atoms with E-state index in [9.17, 15) is 0 Å². The lowest BCUT2D eigenvalue weighted by molar-refractivity contribution is 0.211. The third-order valence-corrected chi connectivity index (χ3v) is 4.86. The zero-order chi connectivity index (χ0) is 19.2. The standard InChI is InChI=1S/C21H25N7/c1-16-13-20(27-21(24-16)26-19-7-10-22-15-23-19)25-18-8-11-28(12-9-18)14-17-5-3-2-4-6-17/h2-7,10,13,15,18H,8-9,11-12,14H2,1H3,(H2,22,23,24,25,26,27). The molecule has 0 radical (unpaired) electrons. The van der Waals surface area contributed by atoms with Crippen LogP contribution < -0.4 is 10.6 Å². The van der Waals surface area contributed by atoms with Crippen molar-refractivity contribution < 1.29 is 0 Å². The van der Waals surface area contributed by atoms with Gasteiger partial charge in [-0.2, -0.15) is 4.98 Å². The van der Waals surface area contributed by atoms with Crippen LogP contribution in [0.15, 0.2) is 55.0 Å². The number of anilines is 3. The summed E-state index contributed by atoms with van der Waals surface area (Å²) in [5.74, 6) is 2.08. The molecule has 0 unspecified atom stereocenters. The average Bonchev–Trinajstić information content (AvgIpc) is 2.71. The van der Waals surface area contributed by atoms with E-state index in [2.05, 4.69) is 65.8 Å². The van der Waals surface area contributed by atoms with Gasteiger partial charge in [0.05, 0.1) is 0 Å². The number of rotatable bonds is 6. The van der Waals surface area contributed by atoms with E-state index in [4.69, 9.17) is 0 Å². The molecule has 7 heteroatoms. The minimum absolute atomic E-state index is 0.424. The van der Waals surface area contributed by atoms with E-state index in [1.165, 1.54) is 11.9 Å². The van der Waals surface area contributed by atoms with Crippen LogP contribution in [-0.4, -0.2) is 44.0 Å². The number of benzene rings is 1. The van der Waals surface area contributed by atoms with Crippen LogP contribution in [0.4, 0.5) is 17.6 Å². The van der Waals surface area contributed by atoms with Gasteiger partial charge in [0.1, 0.15) is 18.0 Å². The van der Waals surface area contributed by atoms with Gasteiger partial charge in [-0.3, -0.25) is 4.90 Å². The molecule has 3 aromatic rings. The first kappa shape index (κ1) is 18.3. The van der Waals surface area contributed by atoms with E-state index in [-0.39, 0.29) is 0 Å². The summed E-state index contributed by atoms with van der Waals surface area (Å²) in [5, 5.41) is 6.72. The second kappa shape index (κ2) is 8.75. The maximum Gasteiger partial charge on any atom is 0.230 e. The molecule has 0 bridgehead atoms. The van der Waals surface area contributed by atoms with Gasteiger partial charge in [0.2, 0.25) is 5.95 Å². The zero-order valence-corrected chi connectivity index (χ0v) is 16.0. The van der Waals surface area contributed by atoms with Crippen LogP contribution in [0.25, 0.3) is 0 Å². The lowest BCUT2D eigenvalue weighted by atomic mass is 10.0. The molecule has 4 rings (SSSR count). The van der Waals surface area contributed by atoms with E-state index in [1.807, 2.05) is 13.0 Å². The van der Waals surface area contributed by atoms with Crippen molar-refractivity contribution in [3.05, 3.63) is 66.2 Å². The molecule has 1 fully saturated rings. The highest BCUT2D eigenvalue weighted by Gasteiger charge is 2.19. The first-order valence-corrected chi connectivity index (χ1v) is 9.66. The second-order valence-electron chi connectivity index (χ2n) is 7.12. The summed E-state index contributed by atoms with van der Waals surface area (Å²) in [5.41, 5.74) is 2.29. The Morgan fingerprint density at radius 1 is 1.04 bits per heavy atom. The van der Waals surface area contributed by atoms with Crippen LogP contribution in [0.2, 0.25) is 0 Å². The van der Waals surface area contributed by atoms with Gasteiger partial charge in [0.25, 0.3) is 0 Å². The Balaban J connectivity index is 1.33. The van der Waals surface area contributed by atoms with E-state index in [0.717, 1.165) is 44.0 Å². The average molecular weight is 375 g/mol. The molecule has 1 aliphatic heterocycles. The number of piperidine rings is 1. The fourth-order valence-electron chi connectivity index (χ4n) is 3.46. The van der Waals surface area contributed by atoms with Crippen molar-refractivity contribution >= 4 is 17.6 Å². The van der Waals surface area contributed by atoms with Crippen molar-refractivity contribution in [3.63, 3.8) is 0 Å². The maximum atomic E-state index is 4.60. The fourth-order valence-corrected chi connectivity index (χ4v) is 3.46. The first-order chi connectivity index (χ1) is 13.7. The zero-order valence-electron chi connectivity index (χ0n) is 16.0. The lowest BCUT2D eigenvalue weighted by Crippen LogP contribution is -2.38. The highest BCUT2D eigenvalue weighted by molar-refractivity contribution is 5.50. The van der Waals surface area contributed by atoms with Crippen molar-refractivity contribution in [1.82, 2.24) is 24.8 Å². The quantitative estimate of drug-likeness (QED) is 0.683. The third-order valence-electron chi connectivity index (χ3n) is 4.86.